The van der Waals surface area contributed by atoms with Gasteiger partial charge in [-0.3, -0.25) is 4.90 Å². The molecule has 2 N–H and O–H groups in total. The molecule has 1 aromatic carbocycles. The van der Waals surface area contributed by atoms with Crippen molar-refractivity contribution >= 4 is 10.0 Å². The Bertz CT molecular complexity index is 1130. The van der Waals surface area contributed by atoms with Crippen molar-refractivity contribution in [3.63, 3.8) is 0 Å². The van der Waals surface area contributed by atoms with Crippen molar-refractivity contribution in [3.05, 3.63) is 52.6 Å². The summed E-state index contributed by atoms with van der Waals surface area (Å²) in [6.45, 7) is -0.0994. The fraction of sp³-hybridized carbons (Fsp3) is 0.500. The first-order chi connectivity index (χ1) is 14.8. The van der Waals surface area contributed by atoms with Crippen LogP contribution in [0, 0.1) is 17.5 Å². The van der Waals surface area contributed by atoms with Crippen LogP contribution < -0.4 is 5.73 Å². The molecule has 4 atom stereocenters. The van der Waals surface area contributed by atoms with Gasteiger partial charge in [-0.25, -0.2) is 21.6 Å². The van der Waals surface area contributed by atoms with Crippen LogP contribution in [0.4, 0.5) is 26.3 Å². The van der Waals surface area contributed by atoms with Gasteiger partial charge in [0.25, 0.3) is 10.0 Å². The monoisotopic (exact) mass is 484 g/mol. The third-order valence-corrected chi connectivity index (χ3v) is 6.47. The summed E-state index contributed by atoms with van der Waals surface area (Å²) in [6, 6.07) is -1.75. The van der Waals surface area contributed by atoms with Gasteiger partial charge >= 0.3 is 6.18 Å². The molecule has 176 valence electrons. The Hall–Kier alpha value is -2.16. The van der Waals surface area contributed by atoms with E-state index < -0.39 is 63.5 Å². The number of fused-ring (bicyclic) bond motifs is 1. The number of nitrogens with two attached hydrogens (primary N) is 1. The second-order valence-corrected chi connectivity index (χ2v) is 9.76. The molecule has 4 rings (SSSR count). The van der Waals surface area contributed by atoms with Gasteiger partial charge in [-0.2, -0.15) is 22.4 Å². The molecule has 0 bridgehead atoms. The van der Waals surface area contributed by atoms with Gasteiger partial charge in [-0.05, 0) is 12.5 Å². The summed E-state index contributed by atoms with van der Waals surface area (Å²) in [5.41, 5.74) is 6.14. The van der Waals surface area contributed by atoms with Crippen LogP contribution in [-0.2, 0) is 27.8 Å². The number of halogens is 6. The second kappa shape index (κ2) is 7.71. The molecule has 0 spiro atoms. The van der Waals surface area contributed by atoms with Crippen LogP contribution in [0.1, 0.15) is 29.3 Å². The minimum absolute atomic E-state index is 0.0254. The van der Waals surface area contributed by atoms with E-state index in [9.17, 15) is 34.8 Å². The van der Waals surface area contributed by atoms with E-state index in [0.717, 1.165) is 10.3 Å². The molecule has 2 aliphatic rings. The minimum Gasteiger partial charge on any atom is -0.357 e. The molecule has 2 aromatic rings. The van der Waals surface area contributed by atoms with Crippen molar-refractivity contribution in [1.82, 2.24) is 14.1 Å². The zero-order valence-electron chi connectivity index (χ0n) is 16.5. The fourth-order valence-electron chi connectivity index (χ4n) is 4.13. The molecule has 1 fully saturated rings. The Morgan fingerprint density at radius 3 is 2.38 bits per heavy atom. The number of hydrogen-bond acceptors (Lipinski definition) is 6. The van der Waals surface area contributed by atoms with Crippen LogP contribution in [0.15, 0.2) is 18.3 Å². The quantitative estimate of drug-likeness (QED) is 0.531. The molecular formula is C18H18F6N4O3S. The molecule has 0 saturated carbocycles. The summed E-state index contributed by atoms with van der Waals surface area (Å²) in [7, 11) is -3.64. The van der Waals surface area contributed by atoms with Gasteiger partial charge in [0.15, 0.2) is 17.7 Å². The lowest BCUT2D eigenvalue weighted by Crippen LogP contribution is -2.58. The molecule has 32 heavy (non-hydrogen) atoms. The lowest BCUT2D eigenvalue weighted by atomic mass is 9.89. The zero-order chi connectivity index (χ0) is 23.6. The third kappa shape index (κ3) is 4.11. The Labute approximate surface area is 178 Å². The predicted molar refractivity (Wildman–Crippen MR) is 98.1 cm³/mol. The summed E-state index contributed by atoms with van der Waals surface area (Å²) in [4.78, 5) is 1.40. The average Bonchev–Trinajstić information content (AvgIpc) is 3.23. The van der Waals surface area contributed by atoms with Gasteiger partial charge in [-0.15, -0.1) is 0 Å². The zero-order valence-corrected chi connectivity index (χ0v) is 17.3. The summed E-state index contributed by atoms with van der Waals surface area (Å²) >= 11 is 0. The van der Waals surface area contributed by atoms with Crippen molar-refractivity contribution in [2.24, 2.45) is 5.73 Å². The highest BCUT2D eigenvalue weighted by molar-refractivity contribution is 7.89. The highest BCUT2D eigenvalue weighted by atomic mass is 32.2. The molecule has 1 aromatic heterocycles. The Morgan fingerprint density at radius 2 is 1.78 bits per heavy atom. The van der Waals surface area contributed by atoms with Crippen molar-refractivity contribution in [2.75, 3.05) is 6.26 Å². The largest absolute Gasteiger partial charge is 0.416 e. The smallest absolute Gasteiger partial charge is 0.357 e. The Morgan fingerprint density at radius 1 is 1.12 bits per heavy atom. The van der Waals surface area contributed by atoms with E-state index in [-0.39, 0.29) is 25.6 Å². The lowest BCUT2D eigenvalue weighted by Gasteiger charge is -2.44. The molecule has 14 heteroatoms. The highest BCUT2D eigenvalue weighted by Gasteiger charge is 2.54. The van der Waals surface area contributed by atoms with E-state index in [1.165, 1.54) is 11.1 Å². The number of nitrogens with zero attached hydrogens (tertiary/aromatic N) is 3. The first-order valence-electron chi connectivity index (χ1n) is 9.40. The summed E-state index contributed by atoms with van der Waals surface area (Å²) in [5, 5.41) is 3.91. The van der Waals surface area contributed by atoms with Crippen molar-refractivity contribution in [1.29, 1.82) is 0 Å². The Balaban J connectivity index is 1.61. The van der Waals surface area contributed by atoms with E-state index in [1.54, 1.807) is 0 Å². The SMILES string of the molecule is CS(=O)(=O)n1cc2c(n1)CN([C@@H]1CC(N)[C@@H](c3cc(F)c(F)cc3F)O[C@@H]1C(F)(F)F)C2. The molecule has 2 aliphatic heterocycles. The average molecular weight is 484 g/mol. The molecule has 1 unspecified atom stereocenters. The maximum Gasteiger partial charge on any atom is 0.416 e. The number of hydrogen-bond donors (Lipinski definition) is 1. The Kier molecular flexibility index (Phi) is 5.55. The summed E-state index contributed by atoms with van der Waals surface area (Å²) < 4.78 is 112. The standard InChI is InChI=1S/C18H18F6N4O3S/c1-32(29,30)28-6-8-5-27(7-14(8)26-28)15-4-13(25)16(31-17(15)18(22,23)24)9-2-11(20)12(21)3-10(9)19/h2-3,6,13,15-17H,4-5,7,25H2,1H3/t13?,15-,16-,17+/m1/s1. The van der Waals surface area contributed by atoms with Gasteiger partial charge in [0.05, 0.1) is 11.9 Å². The van der Waals surface area contributed by atoms with Crippen LogP contribution in [-0.4, -0.2) is 53.1 Å². The number of ether oxygens (including phenoxy) is 1. The first-order valence-corrected chi connectivity index (χ1v) is 11.2. The second-order valence-electron chi connectivity index (χ2n) is 7.92. The van der Waals surface area contributed by atoms with Crippen molar-refractivity contribution in [2.45, 2.75) is 50.0 Å². The van der Waals surface area contributed by atoms with Crippen LogP contribution in [0.25, 0.3) is 0 Å². The van der Waals surface area contributed by atoms with E-state index in [1.807, 2.05) is 0 Å². The highest BCUT2D eigenvalue weighted by Crippen LogP contribution is 2.42. The summed E-state index contributed by atoms with van der Waals surface area (Å²) in [5.74, 6) is -4.18. The third-order valence-electron chi connectivity index (χ3n) is 5.61. The van der Waals surface area contributed by atoms with Gasteiger partial charge in [0.1, 0.15) is 11.9 Å². The molecular weight excluding hydrogens is 466 g/mol. The molecule has 7 nitrogen and oxygen atoms in total. The van der Waals surface area contributed by atoms with Crippen molar-refractivity contribution in [3.8, 4) is 0 Å². The lowest BCUT2D eigenvalue weighted by molar-refractivity contribution is -0.269. The van der Waals surface area contributed by atoms with E-state index in [2.05, 4.69) is 5.10 Å². The van der Waals surface area contributed by atoms with Crippen LogP contribution >= 0.6 is 0 Å². The predicted octanol–water partition coefficient (Wildman–Crippen LogP) is 2.21. The fourth-order valence-corrected chi connectivity index (χ4v) is 4.69. The molecule has 0 aliphatic carbocycles. The number of rotatable bonds is 3. The van der Waals surface area contributed by atoms with E-state index in [4.69, 9.17) is 10.5 Å². The first kappa shape index (κ1) is 23.0. The molecule has 1 saturated heterocycles. The van der Waals surface area contributed by atoms with Gasteiger partial charge < -0.3 is 10.5 Å². The van der Waals surface area contributed by atoms with E-state index in [0.29, 0.717) is 17.3 Å². The van der Waals surface area contributed by atoms with Crippen LogP contribution in [0.2, 0.25) is 0 Å². The normalized spacial score (nSPS) is 27.0. The molecule has 0 amide bonds. The number of benzene rings is 1. The maximum absolute atomic E-state index is 14.2. The van der Waals surface area contributed by atoms with Gasteiger partial charge in [0, 0.05) is 48.6 Å². The molecule has 3 heterocycles. The van der Waals surface area contributed by atoms with Crippen LogP contribution in [0.3, 0.4) is 0 Å². The number of aromatic nitrogens is 2. The van der Waals surface area contributed by atoms with Gasteiger partial charge in [0.2, 0.25) is 0 Å². The topological polar surface area (TPSA) is 90.5 Å². The van der Waals surface area contributed by atoms with Gasteiger partial charge in [-0.1, -0.05) is 0 Å². The van der Waals surface area contributed by atoms with Crippen LogP contribution in [0.5, 0.6) is 0 Å². The molecule has 0 radical (unpaired) electrons. The van der Waals surface area contributed by atoms with E-state index >= 15 is 0 Å². The summed E-state index contributed by atoms with van der Waals surface area (Å²) in [6.07, 6.45) is -7.03. The number of alkyl halides is 3. The minimum atomic E-state index is -4.87. The maximum atomic E-state index is 14.2. The van der Waals surface area contributed by atoms with Crippen molar-refractivity contribution < 1.29 is 39.5 Å².